The van der Waals surface area contributed by atoms with Gasteiger partial charge in [0, 0.05) is 0 Å². The van der Waals surface area contributed by atoms with Crippen molar-refractivity contribution in [3.63, 3.8) is 0 Å². The first-order chi connectivity index (χ1) is 9.86. The number of hydrogen-bond acceptors (Lipinski definition) is 0. The van der Waals surface area contributed by atoms with Gasteiger partial charge in [-0.3, -0.25) is 0 Å². The van der Waals surface area contributed by atoms with Gasteiger partial charge in [-0.2, -0.15) is 0 Å². The van der Waals surface area contributed by atoms with E-state index in [0.717, 1.165) is 0 Å². The highest BCUT2D eigenvalue weighted by Gasteiger charge is 1.88. The molecular weight excluding hydrogens is 645 g/mol. The lowest BCUT2D eigenvalue weighted by Gasteiger charge is -1.72. The van der Waals surface area contributed by atoms with E-state index in [4.69, 9.17) is 0 Å². The highest BCUT2D eigenvalue weighted by molar-refractivity contribution is 4.61. The molecular formula is C15H27I3N6. The monoisotopic (exact) mass is 672 g/mol. The zero-order valence-electron chi connectivity index (χ0n) is 15.0. The molecule has 0 fully saturated rings. The van der Waals surface area contributed by atoms with Gasteiger partial charge in [0.05, 0.1) is 42.3 Å². The zero-order chi connectivity index (χ0) is 15.8. The van der Waals surface area contributed by atoms with Crippen LogP contribution in [0.4, 0.5) is 0 Å². The second-order valence-electron chi connectivity index (χ2n) is 5.23. The fourth-order valence-electron chi connectivity index (χ4n) is 1.72. The van der Waals surface area contributed by atoms with Crippen LogP contribution in [-0.4, -0.2) is 13.7 Å². The molecule has 0 bridgehead atoms. The molecule has 0 aliphatic rings. The minimum Gasteiger partial charge on any atom is -1.00 e. The fourth-order valence-corrected chi connectivity index (χ4v) is 1.72. The summed E-state index contributed by atoms with van der Waals surface area (Å²) in [6.45, 7) is 0. The predicted molar refractivity (Wildman–Crippen MR) is 79.8 cm³/mol. The molecule has 0 atom stereocenters. The Kier molecular flexibility index (Phi) is 18.0. The van der Waals surface area contributed by atoms with Gasteiger partial charge >= 0.3 is 0 Å². The number of hydrogen-bond donors (Lipinski definition) is 0. The highest BCUT2D eigenvalue weighted by atomic mass is 127. The molecule has 24 heavy (non-hydrogen) atoms. The van der Waals surface area contributed by atoms with Crippen molar-refractivity contribution in [2.75, 3.05) is 0 Å². The quantitative estimate of drug-likeness (QED) is 0.168. The minimum absolute atomic E-state index is 0. The average molecular weight is 672 g/mol. The van der Waals surface area contributed by atoms with Gasteiger partial charge in [0.1, 0.15) is 37.2 Å². The van der Waals surface area contributed by atoms with Crippen LogP contribution in [-0.2, 0) is 42.3 Å². The van der Waals surface area contributed by atoms with E-state index in [-0.39, 0.29) is 71.9 Å². The molecule has 3 rings (SSSR count). The van der Waals surface area contributed by atoms with Gasteiger partial charge in [-0.1, -0.05) is 0 Å². The third kappa shape index (κ3) is 13.1. The molecule has 0 aromatic carbocycles. The Morgan fingerprint density at radius 3 is 0.750 bits per heavy atom. The largest absolute Gasteiger partial charge is 1.00 e. The Morgan fingerprint density at radius 2 is 0.708 bits per heavy atom. The third-order valence-corrected chi connectivity index (χ3v) is 2.70. The molecule has 3 heterocycles. The summed E-state index contributed by atoms with van der Waals surface area (Å²) in [4.78, 5) is 0. The first kappa shape index (κ1) is 28.6. The van der Waals surface area contributed by atoms with Gasteiger partial charge < -0.3 is 71.9 Å². The maximum absolute atomic E-state index is 2.00. The molecule has 9 heteroatoms. The smallest absolute Gasteiger partial charge is 0.243 e. The van der Waals surface area contributed by atoms with Crippen molar-refractivity contribution in [2.24, 2.45) is 42.3 Å². The van der Waals surface area contributed by atoms with Crippen molar-refractivity contribution in [1.82, 2.24) is 13.7 Å². The summed E-state index contributed by atoms with van der Waals surface area (Å²) < 4.78 is 12.0. The van der Waals surface area contributed by atoms with Gasteiger partial charge in [-0.15, -0.1) is 0 Å². The number of aromatic nitrogens is 6. The van der Waals surface area contributed by atoms with Crippen LogP contribution in [0, 0.1) is 0 Å². The van der Waals surface area contributed by atoms with Gasteiger partial charge in [-0.25, -0.2) is 27.4 Å². The topological polar surface area (TPSA) is 26.4 Å². The van der Waals surface area contributed by atoms with E-state index >= 15 is 0 Å². The summed E-state index contributed by atoms with van der Waals surface area (Å²) in [5.41, 5.74) is 0. The summed E-state index contributed by atoms with van der Waals surface area (Å²) in [6.07, 6.45) is 18.0. The molecule has 6 nitrogen and oxygen atoms in total. The van der Waals surface area contributed by atoms with E-state index in [1.165, 1.54) is 0 Å². The fraction of sp³-hybridized carbons (Fsp3) is 0.400. The van der Waals surface area contributed by atoms with Crippen LogP contribution in [0.2, 0.25) is 0 Å². The second kappa shape index (κ2) is 15.1. The number of rotatable bonds is 0. The Bertz CT molecular complexity index is 519. The van der Waals surface area contributed by atoms with Crippen LogP contribution in [0.15, 0.2) is 56.2 Å². The molecule has 0 N–H and O–H groups in total. The third-order valence-electron chi connectivity index (χ3n) is 2.70. The van der Waals surface area contributed by atoms with Gasteiger partial charge in [0.2, 0.25) is 19.0 Å². The second-order valence-corrected chi connectivity index (χ2v) is 5.23. The average Bonchev–Trinajstić information content (AvgIpc) is 3.06. The van der Waals surface area contributed by atoms with Crippen molar-refractivity contribution in [3.05, 3.63) is 56.2 Å². The molecule has 0 spiro atoms. The lowest BCUT2D eigenvalue weighted by molar-refractivity contribution is -0.671. The molecule has 3 aromatic heterocycles. The standard InChI is InChI=1S/3C5H9N2.3HI/c3*1-6-3-4-7(2)5-6;;;/h3*3-5H,1-2H3;3*1H/q3*+1;;;/p-3. The van der Waals surface area contributed by atoms with E-state index in [1.54, 1.807) is 0 Å². The zero-order valence-corrected chi connectivity index (χ0v) is 21.5. The molecule has 0 aliphatic carbocycles. The normalized spacial score (nSPS) is 8.25. The van der Waals surface area contributed by atoms with E-state index in [9.17, 15) is 0 Å². The van der Waals surface area contributed by atoms with Crippen molar-refractivity contribution >= 4 is 0 Å². The summed E-state index contributed by atoms with van der Waals surface area (Å²) in [6, 6.07) is 0. The molecule has 0 amide bonds. The molecule has 0 aliphatic heterocycles. The van der Waals surface area contributed by atoms with Crippen LogP contribution in [0.25, 0.3) is 0 Å². The SMILES string of the molecule is Cn1cc[n+](C)c1.Cn1cc[n+](C)c1.Cn1cc[n+](C)c1.[I-].[I-].[I-]. The van der Waals surface area contributed by atoms with Crippen molar-refractivity contribution in [3.8, 4) is 0 Å². The van der Waals surface area contributed by atoms with Crippen LogP contribution in [0.3, 0.4) is 0 Å². The van der Waals surface area contributed by atoms with E-state index in [1.807, 2.05) is 126 Å². The Balaban J connectivity index is -0.000000259. The summed E-state index contributed by atoms with van der Waals surface area (Å²) in [7, 11) is 12.0. The lowest BCUT2D eigenvalue weighted by atomic mass is 10.9. The molecule has 0 saturated carbocycles. The summed E-state index contributed by atoms with van der Waals surface area (Å²) in [5.74, 6) is 0. The summed E-state index contributed by atoms with van der Waals surface area (Å²) >= 11 is 0. The first-order valence-electron chi connectivity index (χ1n) is 6.78. The van der Waals surface area contributed by atoms with Crippen molar-refractivity contribution in [2.45, 2.75) is 0 Å². The Hall–Kier alpha value is -0.180. The molecule has 138 valence electrons. The van der Waals surface area contributed by atoms with Crippen LogP contribution < -0.4 is 85.6 Å². The van der Waals surface area contributed by atoms with Crippen LogP contribution in [0.1, 0.15) is 0 Å². The minimum atomic E-state index is 0. The van der Waals surface area contributed by atoms with Gasteiger partial charge in [-0.05, 0) is 0 Å². The Labute approximate surface area is 196 Å². The van der Waals surface area contributed by atoms with E-state index in [0.29, 0.717) is 0 Å². The van der Waals surface area contributed by atoms with Gasteiger partial charge in [0.25, 0.3) is 0 Å². The first-order valence-corrected chi connectivity index (χ1v) is 6.78. The van der Waals surface area contributed by atoms with Crippen LogP contribution in [0.5, 0.6) is 0 Å². The molecule has 0 unspecified atom stereocenters. The predicted octanol–water partition coefficient (Wildman–Crippen LogP) is -9.44. The summed E-state index contributed by atoms with van der Waals surface area (Å²) in [5, 5.41) is 0. The van der Waals surface area contributed by atoms with Gasteiger partial charge in [0.15, 0.2) is 0 Å². The number of imidazole rings is 3. The molecule has 0 saturated heterocycles. The molecule has 0 radical (unpaired) electrons. The maximum Gasteiger partial charge on any atom is 0.243 e. The number of halogens is 3. The Morgan fingerprint density at radius 1 is 0.500 bits per heavy atom. The lowest BCUT2D eigenvalue weighted by Crippen LogP contribution is -3.00. The van der Waals surface area contributed by atoms with E-state index < -0.39 is 0 Å². The number of nitrogens with zero attached hydrogens (tertiary/aromatic N) is 6. The highest BCUT2D eigenvalue weighted by Crippen LogP contribution is 1.72. The van der Waals surface area contributed by atoms with Crippen molar-refractivity contribution in [1.29, 1.82) is 0 Å². The van der Waals surface area contributed by atoms with Crippen LogP contribution >= 0.6 is 0 Å². The number of aryl methyl sites for hydroxylation is 6. The van der Waals surface area contributed by atoms with E-state index in [2.05, 4.69) is 0 Å². The molecule has 3 aromatic rings. The van der Waals surface area contributed by atoms with Crippen molar-refractivity contribution < 1.29 is 85.6 Å². The maximum atomic E-state index is 2.00.